The van der Waals surface area contributed by atoms with E-state index in [1.165, 1.54) is 48.5 Å². The lowest BCUT2D eigenvalue weighted by Crippen LogP contribution is -2.38. The highest BCUT2D eigenvalue weighted by molar-refractivity contribution is 5.90. The van der Waals surface area contributed by atoms with Gasteiger partial charge in [0.15, 0.2) is 0 Å². The number of rotatable bonds is 7. The van der Waals surface area contributed by atoms with Crippen molar-refractivity contribution in [1.29, 1.82) is 0 Å². The highest BCUT2D eigenvalue weighted by Crippen LogP contribution is 2.36. The quantitative estimate of drug-likeness (QED) is 0.426. The van der Waals surface area contributed by atoms with E-state index in [2.05, 4.69) is 0 Å². The SMILES string of the molecule is CC1(OC(=O)Oc2ccc(C(=O)OC(c3ccccc3)C(F)(F)C(=O)O)cc2)CCCCC1. The van der Waals surface area contributed by atoms with Crippen LogP contribution in [0.2, 0.25) is 0 Å². The largest absolute Gasteiger partial charge is 0.514 e. The standard InChI is InChI=1S/C24H24F2O7/c1-23(14-6-3-7-15-23)33-22(30)31-18-12-10-17(11-13-18)20(27)32-19(24(25,26)21(28)29)16-8-4-2-5-9-16/h2,4-5,8-13,19H,3,6-7,14-15H2,1H3,(H,28,29). The molecule has 1 saturated carbocycles. The predicted octanol–water partition coefficient (Wildman–Crippen LogP) is 5.54. The molecule has 2 aromatic carbocycles. The van der Waals surface area contributed by atoms with Crippen LogP contribution in [0.25, 0.3) is 0 Å². The highest BCUT2D eigenvalue weighted by Gasteiger charge is 2.51. The van der Waals surface area contributed by atoms with Gasteiger partial charge in [-0.05, 0) is 62.4 Å². The second kappa shape index (κ2) is 9.97. The summed E-state index contributed by atoms with van der Waals surface area (Å²) in [4.78, 5) is 35.6. The number of alkyl halides is 2. The van der Waals surface area contributed by atoms with Crippen LogP contribution < -0.4 is 4.74 Å². The molecule has 0 heterocycles. The van der Waals surface area contributed by atoms with Crippen molar-refractivity contribution in [1.82, 2.24) is 0 Å². The minimum atomic E-state index is -4.35. The maximum atomic E-state index is 14.3. The molecule has 0 saturated heterocycles. The van der Waals surface area contributed by atoms with Crippen LogP contribution in [0.5, 0.6) is 5.75 Å². The molecule has 1 unspecified atom stereocenters. The normalized spacial score (nSPS) is 16.3. The number of carbonyl (C=O) groups is 3. The summed E-state index contributed by atoms with van der Waals surface area (Å²) in [5.74, 6) is -7.84. The van der Waals surface area contributed by atoms with Gasteiger partial charge in [-0.25, -0.2) is 14.4 Å². The van der Waals surface area contributed by atoms with Crippen LogP contribution in [0, 0.1) is 0 Å². The minimum absolute atomic E-state index is 0.0893. The molecule has 33 heavy (non-hydrogen) atoms. The molecule has 0 amide bonds. The van der Waals surface area contributed by atoms with Gasteiger partial charge in [-0.2, -0.15) is 8.78 Å². The van der Waals surface area contributed by atoms with Crippen molar-refractivity contribution in [3.63, 3.8) is 0 Å². The van der Waals surface area contributed by atoms with Crippen molar-refractivity contribution in [2.45, 2.75) is 56.7 Å². The predicted molar refractivity (Wildman–Crippen MR) is 112 cm³/mol. The van der Waals surface area contributed by atoms with Crippen LogP contribution >= 0.6 is 0 Å². The van der Waals surface area contributed by atoms with E-state index < -0.39 is 35.7 Å². The van der Waals surface area contributed by atoms with Gasteiger partial charge in [-0.3, -0.25) is 0 Å². The van der Waals surface area contributed by atoms with Gasteiger partial charge < -0.3 is 19.3 Å². The van der Waals surface area contributed by atoms with Crippen LogP contribution in [-0.2, 0) is 14.3 Å². The number of carboxylic acid groups (broad SMARTS) is 1. The van der Waals surface area contributed by atoms with Gasteiger partial charge in [0, 0.05) is 0 Å². The van der Waals surface area contributed by atoms with Crippen molar-refractivity contribution in [2.75, 3.05) is 0 Å². The zero-order chi connectivity index (χ0) is 24.1. The van der Waals surface area contributed by atoms with Crippen LogP contribution in [0.15, 0.2) is 54.6 Å². The van der Waals surface area contributed by atoms with Crippen molar-refractivity contribution in [3.8, 4) is 5.75 Å². The summed E-state index contributed by atoms with van der Waals surface area (Å²) >= 11 is 0. The van der Waals surface area contributed by atoms with Crippen LogP contribution in [0.1, 0.15) is 61.1 Å². The average Bonchev–Trinajstić information content (AvgIpc) is 2.78. The fraction of sp³-hybridized carbons (Fsp3) is 0.375. The van der Waals surface area contributed by atoms with E-state index in [1.807, 2.05) is 6.92 Å². The number of aliphatic carboxylic acids is 1. The van der Waals surface area contributed by atoms with E-state index in [9.17, 15) is 23.2 Å². The zero-order valence-corrected chi connectivity index (χ0v) is 18.0. The second-order valence-corrected chi connectivity index (χ2v) is 8.11. The molecule has 0 aliphatic heterocycles. The van der Waals surface area contributed by atoms with E-state index in [0.717, 1.165) is 32.1 Å². The Labute approximate surface area is 189 Å². The number of hydrogen-bond donors (Lipinski definition) is 1. The molecule has 1 aliphatic rings. The van der Waals surface area contributed by atoms with Gasteiger partial charge >= 0.3 is 24.0 Å². The Morgan fingerprint density at radius 3 is 2.15 bits per heavy atom. The second-order valence-electron chi connectivity index (χ2n) is 8.11. The molecule has 0 aromatic heterocycles. The molecule has 9 heteroatoms. The van der Waals surface area contributed by atoms with E-state index in [-0.39, 0.29) is 16.9 Å². The smallest absolute Gasteiger partial charge is 0.477 e. The Bertz CT molecular complexity index is 984. The van der Waals surface area contributed by atoms with Crippen LogP contribution in [0.4, 0.5) is 13.6 Å². The number of halogens is 2. The first kappa shape index (κ1) is 24.2. The summed E-state index contributed by atoms with van der Waals surface area (Å²) < 4.78 is 44.0. The Hall–Kier alpha value is -3.49. The first-order chi connectivity index (χ1) is 15.6. The summed E-state index contributed by atoms with van der Waals surface area (Å²) in [5.41, 5.74) is -0.879. The first-order valence-corrected chi connectivity index (χ1v) is 10.5. The molecule has 176 valence electrons. The van der Waals surface area contributed by atoms with E-state index >= 15 is 0 Å². The van der Waals surface area contributed by atoms with Gasteiger partial charge in [0.25, 0.3) is 0 Å². The third-order valence-corrected chi connectivity index (χ3v) is 5.47. The van der Waals surface area contributed by atoms with E-state index in [4.69, 9.17) is 19.3 Å². The Balaban J connectivity index is 1.67. The number of hydrogen-bond acceptors (Lipinski definition) is 6. The zero-order valence-electron chi connectivity index (χ0n) is 18.0. The van der Waals surface area contributed by atoms with Gasteiger partial charge in [0.05, 0.1) is 5.56 Å². The Kier molecular flexibility index (Phi) is 7.30. The Morgan fingerprint density at radius 2 is 1.58 bits per heavy atom. The summed E-state index contributed by atoms with van der Waals surface area (Å²) in [6.45, 7) is 1.85. The van der Waals surface area contributed by atoms with Gasteiger partial charge in [0.1, 0.15) is 11.4 Å². The fourth-order valence-electron chi connectivity index (χ4n) is 3.65. The molecule has 1 N–H and O–H groups in total. The van der Waals surface area contributed by atoms with Crippen LogP contribution in [0.3, 0.4) is 0 Å². The molecule has 1 aliphatic carbocycles. The minimum Gasteiger partial charge on any atom is -0.477 e. The summed E-state index contributed by atoms with van der Waals surface area (Å²) in [6.07, 6.45) is 1.31. The number of benzene rings is 2. The summed E-state index contributed by atoms with van der Waals surface area (Å²) in [6, 6.07) is 11.9. The van der Waals surface area contributed by atoms with Gasteiger partial charge in [-0.1, -0.05) is 36.8 Å². The summed E-state index contributed by atoms with van der Waals surface area (Å²) in [5, 5.41) is 8.91. The molecular weight excluding hydrogens is 438 g/mol. The summed E-state index contributed by atoms with van der Waals surface area (Å²) in [7, 11) is 0. The number of esters is 1. The van der Waals surface area contributed by atoms with Crippen molar-refractivity contribution < 1.29 is 42.5 Å². The van der Waals surface area contributed by atoms with Crippen molar-refractivity contribution >= 4 is 18.1 Å². The highest BCUT2D eigenvalue weighted by atomic mass is 19.3. The molecule has 2 aromatic rings. The monoisotopic (exact) mass is 462 g/mol. The number of ether oxygens (including phenoxy) is 3. The van der Waals surface area contributed by atoms with E-state index in [0.29, 0.717) is 0 Å². The van der Waals surface area contributed by atoms with E-state index in [1.54, 1.807) is 6.07 Å². The maximum Gasteiger partial charge on any atom is 0.514 e. The van der Waals surface area contributed by atoms with Crippen LogP contribution in [-0.4, -0.2) is 34.7 Å². The lowest BCUT2D eigenvalue weighted by atomic mass is 9.86. The average molecular weight is 462 g/mol. The third kappa shape index (κ3) is 6.06. The maximum absolute atomic E-state index is 14.3. The van der Waals surface area contributed by atoms with Crippen molar-refractivity contribution in [2.24, 2.45) is 0 Å². The fourth-order valence-corrected chi connectivity index (χ4v) is 3.65. The van der Waals surface area contributed by atoms with Crippen molar-refractivity contribution in [3.05, 3.63) is 65.7 Å². The van der Waals surface area contributed by atoms with Gasteiger partial charge in [-0.15, -0.1) is 0 Å². The lowest BCUT2D eigenvalue weighted by molar-refractivity contribution is -0.183. The topological polar surface area (TPSA) is 99.1 Å². The molecule has 7 nitrogen and oxygen atoms in total. The number of carboxylic acids is 1. The molecule has 0 bridgehead atoms. The molecule has 0 spiro atoms. The molecular formula is C24H24F2O7. The molecule has 1 fully saturated rings. The lowest BCUT2D eigenvalue weighted by Gasteiger charge is -2.32. The first-order valence-electron chi connectivity index (χ1n) is 10.5. The molecule has 3 rings (SSSR count). The molecule has 0 radical (unpaired) electrons. The Morgan fingerprint density at radius 1 is 0.970 bits per heavy atom. The molecule has 1 atom stereocenters. The number of carbonyl (C=O) groups excluding carboxylic acids is 2. The third-order valence-electron chi connectivity index (χ3n) is 5.47. The van der Waals surface area contributed by atoms with Gasteiger partial charge in [0.2, 0.25) is 6.10 Å².